The number of piperidine rings is 1. The smallest absolute Gasteiger partial charge is 0.253 e. The number of hydrogen-bond acceptors (Lipinski definition) is 4. The van der Waals surface area contributed by atoms with Gasteiger partial charge in [0.2, 0.25) is 5.91 Å². The lowest BCUT2D eigenvalue weighted by molar-refractivity contribution is -0.122. The Morgan fingerprint density at radius 3 is 2.68 bits per heavy atom. The van der Waals surface area contributed by atoms with Crippen molar-refractivity contribution in [3.63, 3.8) is 0 Å². The van der Waals surface area contributed by atoms with E-state index in [2.05, 4.69) is 17.2 Å². The van der Waals surface area contributed by atoms with E-state index in [1.54, 1.807) is 0 Å². The van der Waals surface area contributed by atoms with Crippen LogP contribution in [0.15, 0.2) is 22.6 Å². The van der Waals surface area contributed by atoms with E-state index in [0.717, 1.165) is 49.1 Å². The van der Waals surface area contributed by atoms with Crippen LogP contribution in [-0.4, -0.2) is 40.8 Å². The monoisotopic (exact) mass is 383 g/mol. The molecule has 1 atom stereocenters. The van der Waals surface area contributed by atoms with E-state index in [1.165, 1.54) is 0 Å². The van der Waals surface area contributed by atoms with Crippen molar-refractivity contribution in [3.8, 4) is 0 Å². The van der Waals surface area contributed by atoms with Crippen molar-refractivity contribution in [2.24, 2.45) is 5.92 Å². The van der Waals surface area contributed by atoms with Crippen LogP contribution in [0.3, 0.4) is 0 Å². The highest BCUT2D eigenvalue weighted by Gasteiger charge is 2.29. The van der Waals surface area contributed by atoms with E-state index in [1.807, 2.05) is 30.0 Å². The van der Waals surface area contributed by atoms with Crippen molar-refractivity contribution in [1.82, 2.24) is 15.2 Å². The zero-order valence-corrected chi connectivity index (χ0v) is 16.7. The number of benzene rings is 1. The van der Waals surface area contributed by atoms with Crippen molar-refractivity contribution in [2.45, 2.75) is 64.3 Å². The van der Waals surface area contributed by atoms with Gasteiger partial charge in [0, 0.05) is 37.0 Å². The number of hydrogen-bond donors (Lipinski definition) is 1. The summed E-state index contributed by atoms with van der Waals surface area (Å²) in [5.41, 5.74) is 2.19. The van der Waals surface area contributed by atoms with Crippen LogP contribution in [-0.2, 0) is 4.79 Å². The van der Waals surface area contributed by atoms with E-state index in [4.69, 9.17) is 4.42 Å². The van der Waals surface area contributed by atoms with Gasteiger partial charge in [0.25, 0.3) is 5.91 Å². The summed E-state index contributed by atoms with van der Waals surface area (Å²) in [6.07, 6.45) is 5.53. The van der Waals surface area contributed by atoms with Gasteiger partial charge in [-0.1, -0.05) is 6.92 Å². The van der Waals surface area contributed by atoms with E-state index >= 15 is 0 Å². The first-order valence-corrected chi connectivity index (χ1v) is 10.5. The van der Waals surface area contributed by atoms with Gasteiger partial charge in [0.05, 0.1) is 0 Å². The van der Waals surface area contributed by atoms with Gasteiger partial charge in [0.15, 0.2) is 11.5 Å². The van der Waals surface area contributed by atoms with Crippen LogP contribution in [0, 0.1) is 5.92 Å². The number of carbonyl (C=O) groups excluding carboxylic acids is 2. The zero-order valence-electron chi connectivity index (χ0n) is 16.7. The Bertz CT molecular complexity index is 863. The quantitative estimate of drug-likeness (QED) is 0.822. The molecule has 1 aromatic carbocycles. The highest BCUT2D eigenvalue weighted by atomic mass is 16.3. The second kappa shape index (κ2) is 7.94. The molecule has 2 aromatic rings. The van der Waals surface area contributed by atoms with Crippen LogP contribution in [0.5, 0.6) is 0 Å². The molecule has 6 nitrogen and oxygen atoms in total. The van der Waals surface area contributed by atoms with Crippen LogP contribution in [0.4, 0.5) is 0 Å². The predicted molar refractivity (Wildman–Crippen MR) is 107 cm³/mol. The minimum atomic E-state index is 0.0420. The van der Waals surface area contributed by atoms with Crippen LogP contribution in [0.2, 0.25) is 0 Å². The number of nitrogens with one attached hydrogen (secondary N) is 1. The molecule has 28 heavy (non-hydrogen) atoms. The van der Waals surface area contributed by atoms with Gasteiger partial charge in [-0.2, -0.15) is 0 Å². The molecule has 4 rings (SSSR count). The highest BCUT2D eigenvalue weighted by Crippen LogP contribution is 2.40. The molecule has 2 heterocycles. The van der Waals surface area contributed by atoms with Gasteiger partial charge in [-0.05, 0) is 63.1 Å². The van der Waals surface area contributed by atoms with Crippen molar-refractivity contribution >= 4 is 22.9 Å². The zero-order chi connectivity index (χ0) is 19.7. The Balaban J connectivity index is 1.33. The van der Waals surface area contributed by atoms with Gasteiger partial charge in [0.1, 0.15) is 5.52 Å². The lowest BCUT2D eigenvalue weighted by Gasteiger charge is -2.32. The molecule has 1 saturated heterocycles. The molecular formula is C22H29N3O3. The highest BCUT2D eigenvalue weighted by molar-refractivity contribution is 5.97. The van der Waals surface area contributed by atoms with Gasteiger partial charge >= 0.3 is 0 Å². The SMILES string of the molecule is CC[C@@H](C)NC(=O)CC1CCN(C(=O)c2ccc3oc(C4CC4)nc3c2)CC1. The molecule has 1 aromatic heterocycles. The molecule has 1 aliphatic heterocycles. The molecule has 150 valence electrons. The standard InChI is InChI=1S/C22H29N3O3/c1-3-14(2)23-20(26)12-15-8-10-25(11-9-15)22(27)17-6-7-19-18(13-17)24-21(28-19)16-4-5-16/h6-7,13-16H,3-5,8-12H2,1-2H3,(H,23,26)/t14-/m1/s1. The number of carbonyl (C=O) groups is 2. The van der Waals surface area contributed by atoms with Gasteiger partial charge < -0.3 is 14.6 Å². The van der Waals surface area contributed by atoms with E-state index in [-0.39, 0.29) is 17.9 Å². The molecular weight excluding hydrogens is 354 g/mol. The van der Waals surface area contributed by atoms with E-state index < -0.39 is 0 Å². The normalized spacial score (nSPS) is 19.0. The summed E-state index contributed by atoms with van der Waals surface area (Å²) in [4.78, 5) is 31.4. The number of rotatable bonds is 6. The number of likely N-dealkylation sites (tertiary alicyclic amines) is 1. The van der Waals surface area contributed by atoms with Crippen LogP contribution >= 0.6 is 0 Å². The predicted octanol–water partition coefficient (Wildman–Crippen LogP) is 3.86. The number of nitrogens with zero attached hydrogens (tertiary/aromatic N) is 2. The number of fused-ring (bicyclic) bond motifs is 1. The average Bonchev–Trinajstić information content (AvgIpc) is 3.46. The first-order valence-electron chi connectivity index (χ1n) is 10.5. The largest absolute Gasteiger partial charge is 0.440 e. The molecule has 0 unspecified atom stereocenters. The molecule has 2 fully saturated rings. The Kier molecular flexibility index (Phi) is 5.38. The maximum Gasteiger partial charge on any atom is 0.253 e. The second-order valence-electron chi connectivity index (χ2n) is 8.33. The number of amides is 2. The Morgan fingerprint density at radius 2 is 2.00 bits per heavy atom. The summed E-state index contributed by atoms with van der Waals surface area (Å²) in [6, 6.07) is 5.76. The fraction of sp³-hybridized carbons (Fsp3) is 0.591. The fourth-order valence-electron chi connectivity index (χ4n) is 3.80. The minimum Gasteiger partial charge on any atom is -0.440 e. The molecule has 2 aliphatic rings. The van der Waals surface area contributed by atoms with Gasteiger partial charge in [-0.25, -0.2) is 4.98 Å². The van der Waals surface area contributed by atoms with E-state index in [0.29, 0.717) is 36.9 Å². The maximum absolute atomic E-state index is 12.9. The Hall–Kier alpha value is -2.37. The third-order valence-corrected chi connectivity index (χ3v) is 5.97. The van der Waals surface area contributed by atoms with Gasteiger partial charge in [-0.15, -0.1) is 0 Å². The van der Waals surface area contributed by atoms with Crippen LogP contribution in [0.1, 0.15) is 74.5 Å². The molecule has 1 saturated carbocycles. The second-order valence-corrected chi connectivity index (χ2v) is 8.33. The molecule has 1 aliphatic carbocycles. The first-order chi connectivity index (χ1) is 13.5. The summed E-state index contributed by atoms with van der Waals surface area (Å²) < 4.78 is 5.78. The molecule has 0 radical (unpaired) electrons. The number of aromatic nitrogens is 1. The summed E-state index contributed by atoms with van der Waals surface area (Å²) in [5, 5.41) is 3.03. The Labute approximate surface area is 165 Å². The summed E-state index contributed by atoms with van der Waals surface area (Å²) in [5.74, 6) is 1.79. The van der Waals surface area contributed by atoms with Crippen LogP contribution < -0.4 is 5.32 Å². The Morgan fingerprint density at radius 1 is 1.25 bits per heavy atom. The third kappa shape index (κ3) is 4.21. The van der Waals surface area contributed by atoms with Crippen molar-refractivity contribution in [2.75, 3.05) is 13.1 Å². The summed E-state index contributed by atoms with van der Waals surface area (Å²) >= 11 is 0. The average molecular weight is 383 g/mol. The molecule has 6 heteroatoms. The van der Waals surface area contributed by atoms with Crippen LogP contribution in [0.25, 0.3) is 11.1 Å². The molecule has 2 amide bonds. The summed E-state index contributed by atoms with van der Waals surface area (Å²) in [6.45, 7) is 5.49. The topological polar surface area (TPSA) is 75.4 Å². The first kappa shape index (κ1) is 19.0. The third-order valence-electron chi connectivity index (χ3n) is 5.97. The lowest BCUT2D eigenvalue weighted by Crippen LogP contribution is -2.40. The van der Waals surface area contributed by atoms with Crippen molar-refractivity contribution < 1.29 is 14.0 Å². The fourth-order valence-corrected chi connectivity index (χ4v) is 3.80. The van der Waals surface area contributed by atoms with E-state index in [9.17, 15) is 9.59 Å². The van der Waals surface area contributed by atoms with Gasteiger partial charge in [-0.3, -0.25) is 9.59 Å². The molecule has 0 spiro atoms. The molecule has 0 bridgehead atoms. The maximum atomic E-state index is 12.9. The number of oxazole rings is 1. The lowest BCUT2D eigenvalue weighted by atomic mass is 9.92. The minimum absolute atomic E-state index is 0.0420. The van der Waals surface area contributed by atoms with Crippen molar-refractivity contribution in [1.29, 1.82) is 0 Å². The summed E-state index contributed by atoms with van der Waals surface area (Å²) in [7, 11) is 0. The van der Waals surface area contributed by atoms with Crippen molar-refractivity contribution in [3.05, 3.63) is 29.7 Å². The molecule has 1 N–H and O–H groups in total.